The number of hydrogen-bond acceptors (Lipinski definition) is 4. The van der Waals surface area contributed by atoms with Crippen molar-refractivity contribution in [2.24, 2.45) is 0 Å². The lowest BCUT2D eigenvalue weighted by Crippen LogP contribution is -2.47. The number of aryl methyl sites for hydroxylation is 1. The highest BCUT2D eigenvalue weighted by molar-refractivity contribution is 5.93. The van der Waals surface area contributed by atoms with Crippen LogP contribution >= 0.6 is 0 Å². The molecule has 4 nitrogen and oxygen atoms in total. The van der Waals surface area contributed by atoms with Crippen molar-refractivity contribution in [2.45, 2.75) is 6.92 Å². The lowest BCUT2D eigenvalue weighted by Gasteiger charge is -2.36. The fourth-order valence-electron chi connectivity index (χ4n) is 4.04. The van der Waals surface area contributed by atoms with Gasteiger partial charge in [-0.05, 0) is 31.2 Å². The Kier molecular flexibility index (Phi) is 4.79. The number of aromatic nitrogens is 2. The first-order valence-electron chi connectivity index (χ1n) is 10.3. The van der Waals surface area contributed by atoms with E-state index in [1.807, 2.05) is 30.3 Å². The Morgan fingerprint density at radius 3 is 2.23 bits per heavy atom. The van der Waals surface area contributed by atoms with E-state index in [0.29, 0.717) is 5.69 Å². The van der Waals surface area contributed by atoms with Gasteiger partial charge < -0.3 is 9.80 Å². The Morgan fingerprint density at radius 1 is 0.767 bits per heavy atom. The Hall–Kier alpha value is -3.47. The summed E-state index contributed by atoms with van der Waals surface area (Å²) in [6, 6.07) is 23.5. The number of rotatable bonds is 3. The van der Waals surface area contributed by atoms with Crippen LogP contribution < -0.4 is 9.80 Å². The molecule has 1 aromatic heterocycles. The highest BCUT2D eigenvalue weighted by Gasteiger charge is 2.22. The van der Waals surface area contributed by atoms with E-state index < -0.39 is 0 Å². The van der Waals surface area contributed by atoms with Gasteiger partial charge in [0.15, 0.2) is 0 Å². The molecule has 0 radical (unpaired) electrons. The highest BCUT2D eigenvalue weighted by atomic mass is 19.1. The highest BCUT2D eigenvalue weighted by Crippen LogP contribution is 2.30. The molecule has 150 valence electrons. The minimum atomic E-state index is -0.172. The van der Waals surface area contributed by atoms with Gasteiger partial charge in [0.2, 0.25) is 5.95 Å². The summed E-state index contributed by atoms with van der Waals surface area (Å²) in [4.78, 5) is 14.1. The van der Waals surface area contributed by atoms with Crippen LogP contribution in [-0.2, 0) is 0 Å². The lowest BCUT2D eigenvalue weighted by molar-refractivity contribution is 0.594. The molecule has 1 saturated heterocycles. The molecule has 0 unspecified atom stereocenters. The average Bonchev–Trinajstić information content (AvgIpc) is 2.79. The number of hydrogen-bond donors (Lipinski definition) is 0. The molecule has 0 saturated carbocycles. The molecule has 5 heteroatoms. The van der Waals surface area contributed by atoms with Crippen LogP contribution in [0.4, 0.5) is 16.0 Å². The first-order chi connectivity index (χ1) is 14.7. The fourth-order valence-corrected chi connectivity index (χ4v) is 4.04. The number of para-hydroxylation sites is 1. The molecule has 3 aromatic carbocycles. The molecule has 5 rings (SSSR count). The Labute approximate surface area is 175 Å². The van der Waals surface area contributed by atoms with Gasteiger partial charge in [-0.3, -0.25) is 0 Å². The van der Waals surface area contributed by atoms with E-state index in [9.17, 15) is 4.39 Å². The lowest BCUT2D eigenvalue weighted by atomic mass is 10.0. The summed E-state index contributed by atoms with van der Waals surface area (Å²) in [6.45, 7) is 5.05. The van der Waals surface area contributed by atoms with E-state index >= 15 is 0 Å². The van der Waals surface area contributed by atoms with Crippen molar-refractivity contribution in [2.75, 3.05) is 36.0 Å². The van der Waals surface area contributed by atoms with Crippen molar-refractivity contribution < 1.29 is 4.39 Å². The van der Waals surface area contributed by atoms with Gasteiger partial charge in [0, 0.05) is 37.1 Å². The molecule has 0 atom stereocenters. The molecule has 30 heavy (non-hydrogen) atoms. The van der Waals surface area contributed by atoms with Crippen LogP contribution in [0.3, 0.4) is 0 Å². The molecule has 0 spiro atoms. The Bertz CT molecular complexity index is 1180. The van der Waals surface area contributed by atoms with Crippen LogP contribution in [0.1, 0.15) is 5.56 Å². The normalized spacial score (nSPS) is 14.3. The smallest absolute Gasteiger partial charge is 0.226 e. The summed E-state index contributed by atoms with van der Waals surface area (Å²) in [7, 11) is 0. The zero-order chi connectivity index (χ0) is 20.5. The van der Waals surface area contributed by atoms with Crippen molar-refractivity contribution >= 4 is 22.5 Å². The van der Waals surface area contributed by atoms with Gasteiger partial charge in [-0.2, -0.15) is 0 Å². The fraction of sp³-hybridized carbons (Fsp3) is 0.200. The number of benzene rings is 3. The van der Waals surface area contributed by atoms with Crippen LogP contribution in [-0.4, -0.2) is 36.1 Å². The molecular weight excluding hydrogens is 375 g/mol. The van der Waals surface area contributed by atoms with E-state index in [2.05, 4.69) is 47.1 Å². The van der Waals surface area contributed by atoms with E-state index in [1.165, 1.54) is 11.6 Å². The predicted octanol–water partition coefficient (Wildman–Crippen LogP) is 5.07. The third-order valence-corrected chi connectivity index (χ3v) is 5.64. The van der Waals surface area contributed by atoms with E-state index in [1.54, 1.807) is 6.07 Å². The van der Waals surface area contributed by atoms with Crippen molar-refractivity contribution in [1.82, 2.24) is 9.97 Å². The number of piperazine rings is 1. The van der Waals surface area contributed by atoms with Gasteiger partial charge in [-0.1, -0.05) is 54.1 Å². The second kappa shape index (κ2) is 7.75. The van der Waals surface area contributed by atoms with E-state index in [-0.39, 0.29) is 5.82 Å². The summed E-state index contributed by atoms with van der Waals surface area (Å²) in [6.07, 6.45) is 0. The van der Waals surface area contributed by atoms with E-state index in [4.69, 9.17) is 9.97 Å². The molecule has 1 fully saturated rings. The Morgan fingerprint density at radius 2 is 1.47 bits per heavy atom. The quantitative estimate of drug-likeness (QED) is 0.482. The minimum Gasteiger partial charge on any atom is -0.366 e. The minimum absolute atomic E-state index is 0.172. The standard InChI is InChI=1S/C25H23FN4/c1-18-11-12-22-20(17-18)24(19-7-3-2-4-8-19)28-25(27-22)30-15-13-29(14-16-30)23-10-6-5-9-21(23)26/h2-12,17H,13-16H2,1H3. The van der Waals surface area contributed by atoms with Gasteiger partial charge in [0.05, 0.1) is 16.9 Å². The van der Waals surface area contributed by atoms with Crippen molar-refractivity contribution in [3.05, 3.63) is 84.2 Å². The van der Waals surface area contributed by atoms with Crippen molar-refractivity contribution in [1.29, 1.82) is 0 Å². The first kappa shape index (κ1) is 18.6. The average molecular weight is 398 g/mol. The van der Waals surface area contributed by atoms with Gasteiger partial charge in [-0.15, -0.1) is 0 Å². The second-order valence-corrected chi connectivity index (χ2v) is 7.68. The monoisotopic (exact) mass is 398 g/mol. The maximum Gasteiger partial charge on any atom is 0.226 e. The SMILES string of the molecule is Cc1ccc2nc(N3CCN(c4ccccc4F)CC3)nc(-c3ccccc3)c2c1. The molecule has 1 aliphatic rings. The molecule has 0 N–H and O–H groups in total. The third kappa shape index (κ3) is 3.47. The Balaban J connectivity index is 1.48. The third-order valence-electron chi connectivity index (χ3n) is 5.64. The van der Waals surface area contributed by atoms with Gasteiger partial charge in [0.1, 0.15) is 5.82 Å². The van der Waals surface area contributed by atoms with Crippen LogP contribution in [0.25, 0.3) is 22.2 Å². The maximum atomic E-state index is 14.2. The number of anilines is 2. The molecule has 0 aliphatic carbocycles. The van der Waals surface area contributed by atoms with Gasteiger partial charge >= 0.3 is 0 Å². The van der Waals surface area contributed by atoms with Crippen LogP contribution in [0.2, 0.25) is 0 Å². The van der Waals surface area contributed by atoms with Crippen LogP contribution in [0, 0.1) is 12.7 Å². The number of nitrogens with zero attached hydrogens (tertiary/aromatic N) is 4. The molecular formula is C25H23FN4. The van der Waals surface area contributed by atoms with Crippen LogP contribution in [0.5, 0.6) is 0 Å². The zero-order valence-corrected chi connectivity index (χ0v) is 16.9. The summed E-state index contributed by atoms with van der Waals surface area (Å²) >= 11 is 0. The second-order valence-electron chi connectivity index (χ2n) is 7.68. The van der Waals surface area contributed by atoms with Crippen LogP contribution in [0.15, 0.2) is 72.8 Å². The summed E-state index contributed by atoms with van der Waals surface area (Å²) < 4.78 is 14.2. The number of fused-ring (bicyclic) bond motifs is 1. The zero-order valence-electron chi connectivity index (χ0n) is 16.9. The largest absolute Gasteiger partial charge is 0.366 e. The summed E-state index contributed by atoms with van der Waals surface area (Å²) in [5.41, 5.74) is 4.84. The first-order valence-corrected chi connectivity index (χ1v) is 10.3. The van der Waals surface area contributed by atoms with Crippen molar-refractivity contribution in [3.8, 4) is 11.3 Å². The summed E-state index contributed by atoms with van der Waals surface area (Å²) in [5, 5.41) is 1.06. The molecule has 0 amide bonds. The van der Waals surface area contributed by atoms with E-state index in [0.717, 1.165) is 54.3 Å². The number of halogens is 1. The van der Waals surface area contributed by atoms with Gasteiger partial charge in [-0.25, -0.2) is 14.4 Å². The van der Waals surface area contributed by atoms with Crippen molar-refractivity contribution in [3.63, 3.8) is 0 Å². The molecule has 4 aromatic rings. The molecule has 1 aliphatic heterocycles. The molecule has 2 heterocycles. The summed E-state index contributed by atoms with van der Waals surface area (Å²) in [5.74, 6) is 0.563. The topological polar surface area (TPSA) is 32.3 Å². The predicted molar refractivity (Wildman–Crippen MR) is 121 cm³/mol. The maximum absolute atomic E-state index is 14.2. The molecule has 0 bridgehead atoms. The van der Waals surface area contributed by atoms with Gasteiger partial charge in [0.25, 0.3) is 0 Å².